The third-order valence-corrected chi connectivity index (χ3v) is 3.16. The highest BCUT2D eigenvalue weighted by Gasteiger charge is 2.41. The molecule has 0 bridgehead atoms. The van der Waals surface area contributed by atoms with Gasteiger partial charge in [0.2, 0.25) is 0 Å². The van der Waals surface area contributed by atoms with Crippen LogP contribution in [0.2, 0.25) is 5.02 Å². The zero-order valence-corrected chi connectivity index (χ0v) is 11.5. The number of carbonyl (C=O) groups is 1. The van der Waals surface area contributed by atoms with Gasteiger partial charge in [-0.3, -0.25) is 4.90 Å². The molecule has 0 saturated heterocycles. The fourth-order valence-corrected chi connectivity index (χ4v) is 2.02. The molecule has 1 atom stereocenters. The molecule has 0 spiro atoms. The van der Waals surface area contributed by atoms with Gasteiger partial charge in [0.05, 0.1) is 0 Å². The highest BCUT2D eigenvalue weighted by Crippen LogP contribution is 2.34. The Hall–Kier alpha value is -2.07. The first-order valence-electron chi connectivity index (χ1n) is 5.96. The Labute approximate surface area is 121 Å². The topological polar surface area (TPSA) is 40.5 Å². The van der Waals surface area contributed by atoms with E-state index in [1.165, 1.54) is 0 Å². The van der Waals surface area contributed by atoms with Crippen molar-refractivity contribution in [2.24, 2.45) is 0 Å². The molecule has 0 aromatic heterocycles. The van der Waals surface area contributed by atoms with Crippen LogP contribution < -0.4 is 4.90 Å². The maximum Gasteiger partial charge on any atom is 0.362 e. The molecule has 2 aromatic carbocycles. The van der Waals surface area contributed by atoms with E-state index in [0.29, 0.717) is 16.4 Å². The monoisotopic (exact) mass is 293 g/mol. The van der Waals surface area contributed by atoms with Gasteiger partial charge in [-0.15, -0.1) is 0 Å². The van der Waals surface area contributed by atoms with Crippen molar-refractivity contribution in [1.82, 2.24) is 0 Å². The lowest BCUT2D eigenvalue weighted by Crippen LogP contribution is -2.46. The van der Waals surface area contributed by atoms with Gasteiger partial charge in [-0.2, -0.15) is 0 Å². The average Bonchev–Trinajstić information content (AvgIpc) is 2.42. The number of benzene rings is 2. The van der Waals surface area contributed by atoms with Crippen LogP contribution in [0.1, 0.15) is 6.92 Å². The van der Waals surface area contributed by atoms with Gasteiger partial charge >= 0.3 is 5.97 Å². The number of rotatable bonds is 4. The number of nitrogens with zero attached hydrogens (tertiary/aromatic N) is 1. The first-order valence-corrected chi connectivity index (χ1v) is 6.34. The highest BCUT2D eigenvalue weighted by molar-refractivity contribution is 6.30. The molecule has 1 N–H and O–H groups in total. The highest BCUT2D eigenvalue weighted by atomic mass is 35.5. The summed E-state index contributed by atoms with van der Waals surface area (Å²) in [4.78, 5) is 12.4. The van der Waals surface area contributed by atoms with Gasteiger partial charge in [-0.05, 0) is 36.4 Å². The molecule has 2 rings (SSSR count). The summed E-state index contributed by atoms with van der Waals surface area (Å²) < 4.78 is 14.6. The van der Waals surface area contributed by atoms with Crippen LogP contribution in [-0.4, -0.2) is 16.9 Å². The Kier molecular flexibility index (Phi) is 3.95. The van der Waals surface area contributed by atoms with Crippen LogP contribution in [0.4, 0.5) is 15.8 Å². The summed E-state index contributed by atoms with van der Waals surface area (Å²) in [6, 6.07) is 14.8. The van der Waals surface area contributed by atoms with E-state index >= 15 is 0 Å². The van der Waals surface area contributed by atoms with E-state index in [2.05, 4.69) is 0 Å². The normalized spacial score (nSPS) is 13.6. The van der Waals surface area contributed by atoms with Gasteiger partial charge in [0, 0.05) is 23.3 Å². The van der Waals surface area contributed by atoms with Crippen molar-refractivity contribution >= 4 is 28.9 Å². The molecule has 0 aliphatic carbocycles. The van der Waals surface area contributed by atoms with Crippen molar-refractivity contribution in [2.45, 2.75) is 12.7 Å². The molecule has 0 saturated carbocycles. The van der Waals surface area contributed by atoms with E-state index in [0.717, 1.165) is 11.8 Å². The molecular formula is C15H13ClFNO2. The average molecular weight is 294 g/mol. The van der Waals surface area contributed by atoms with Crippen molar-refractivity contribution in [3.63, 3.8) is 0 Å². The molecule has 0 amide bonds. The number of carboxylic acids is 1. The fraction of sp³-hybridized carbons (Fsp3) is 0.133. The zero-order valence-electron chi connectivity index (χ0n) is 10.8. The van der Waals surface area contributed by atoms with Crippen molar-refractivity contribution < 1.29 is 14.3 Å². The summed E-state index contributed by atoms with van der Waals surface area (Å²) >= 11 is 5.81. The molecule has 5 heteroatoms. The molecule has 104 valence electrons. The lowest BCUT2D eigenvalue weighted by molar-refractivity contribution is -0.149. The van der Waals surface area contributed by atoms with Gasteiger partial charge in [-0.25, -0.2) is 9.18 Å². The van der Waals surface area contributed by atoms with E-state index in [9.17, 15) is 9.18 Å². The molecule has 0 heterocycles. The minimum Gasteiger partial charge on any atom is -0.477 e. The van der Waals surface area contributed by atoms with E-state index in [4.69, 9.17) is 16.7 Å². The van der Waals surface area contributed by atoms with E-state index in [-0.39, 0.29) is 0 Å². The predicted octanol–water partition coefficient (Wildman–Crippen LogP) is 4.25. The Morgan fingerprint density at radius 3 is 2.10 bits per heavy atom. The maximum absolute atomic E-state index is 14.6. The SMILES string of the molecule is CC(F)(C(=O)O)N(c1ccccc1)c1ccc(Cl)cc1. The molecule has 1 unspecified atom stereocenters. The second kappa shape index (κ2) is 5.51. The third-order valence-electron chi connectivity index (χ3n) is 2.91. The number of hydrogen-bond acceptors (Lipinski definition) is 2. The molecule has 20 heavy (non-hydrogen) atoms. The first kappa shape index (κ1) is 14.3. The van der Waals surface area contributed by atoms with E-state index < -0.39 is 11.8 Å². The van der Waals surface area contributed by atoms with Crippen molar-refractivity contribution in [2.75, 3.05) is 4.90 Å². The van der Waals surface area contributed by atoms with Crippen LogP contribution in [0.25, 0.3) is 0 Å². The van der Waals surface area contributed by atoms with Gasteiger partial charge in [0.25, 0.3) is 5.79 Å². The summed E-state index contributed by atoms with van der Waals surface area (Å²) in [6.07, 6.45) is 0. The zero-order chi connectivity index (χ0) is 14.8. The second-order valence-electron chi connectivity index (χ2n) is 4.41. The number of aliphatic carboxylic acids is 1. The smallest absolute Gasteiger partial charge is 0.362 e. The van der Waals surface area contributed by atoms with Crippen LogP contribution in [0.5, 0.6) is 0 Å². The van der Waals surface area contributed by atoms with Gasteiger partial charge < -0.3 is 5.11 Å². The first-order chi connectivity index (χ1) is 9.43. The standard InChI is InChI=1S/C15H13ClFNO2/c1-15(17,14(19)20)18(12-5-3-2-4-6-12)13-9-7-11(16)8-10-13/h2-10H,1H3,(H,19,20). The summed E-state index contributed by atoms with van der Waals surface area (Å²) in [7, 11) is 0. The number of para-hydroxylation sites is 1. The summed E-state index contributed by atoms with van der Waals surface area (Å²) in [6.45, 7) is 1.01. The lowest BCUT2D eigenvalue weighted by Gasteiger charge is -2.33. The fourth-order valence-electron chi connectivity index (χ4n) is 1.90. The summed E-state index contributed by atoms with van der Waals surface area (Å²) in [5.41, 5.74) is 0.857. The van der Waals surface area contributed by atoms with Crippen molar-refractivity contribution in [1.29, 1.82) is 0 Å². The maximum atomic E-state index is 14.6. The van der Waals surface area contributed by atoms with Gasteiger partial charge in [-0.1, -0.05) is 29.8 Å². The third kappa shape index (κ3) is 2.75. The van der Waals surface area contributed by atoms with Crippen LogP contribution in [0, 0.1) is 0 Å². The van der Waals surface area contributed by atoms with Gasteiger partial charge in [0.1, 0.15) is 0 Å². The van der Waals surface area contributed by atoms with Crippen molar-refractivity contribution in [3.8, 4) is 0 Å². The second-order valence-corrected chi connectivity index (χ2v) is 4.84. The largest absolute Gasteiger partial charge is 0.477 e. The van der Waals surface area contributed by atoms with E-state index in [1.807, 2.05) is 0 Å². The minimum atomic E-state index is -2.57. The molecule has 0 radical (unpaired) electrons. The molecule has 2 aromatic rings. The molecule has 3 nitrogen and oxygen atoms in total. The van der Waals surface area contributed by atoms with Crippen LogP contribution >= 0.6 is 11.6 Å². The number of halogens is 2. The van der Waals surface area contributed by atoms with Crippen LogP contribution in [-0.2, 0) is 4.79 Å². The Bertz CT molecular complexity index is 599. The minimum absolute atomic E-state index is 0.410. The lowest BCUT2D eigenvalue weighted by atomic mass is 10.1. The van der Waals surface area contributed by atoms with Gasteiger partial charge in [0.15, 0.2) is 0 Å². The number of hydrogen-bond donors (Lipinski definition) is 1. The molecule has 0 fully saturated rings. The predicted molar refractivity (Wildman–Crippen MR) is 77.2 cm³/mol. The quantitative estimate of drug-likeness (QED) is 0.857. The van der Waals surface area contributed by atoms with E-state index in [1.54, 1.807) is 54.6 Å². The number of carboxylic acid groups (broad SMARTS) is 1. The Balaban J connectivity index is 2.56. The number of anilines is 2. The molecule has 0 aliphatic heterocycles. The molecule has 0 aliphatic rings. The van der Waals surface area contributed by atoms with Crippen molar-refractivity contribution in [3.05, 3.63) is 59.6 Å². The summed E-state index contributed by atoms with van der Waals surface area (Å²) in [5, 5.41) is 9.64. The Morgan fingerprint density at radius 1 is 1.10 bits per heavy atom. The van der Waals surface area contributed by atoms with Crippen LogP contribution in [0.3, 0.4) is 0 Å². The number of alkyl halides is 1. The molecular weight excluding hydrogens is 281 g/mol. The van der Waals surface area contributed by atoms with Crippen LogP contribution in [0.15, 0.2) is 54.6 Å². The Morgan fingerprint density at radius 2 is 1.60 bits per heavy atom. The summed E-state index contributed by atoms with van der Waals surface area (Å²) in [5.74, 6) is -4.13.